The Bertz CT molecular complexity index is 352. The first-order valence-corrected chi connectivity index (χ1v) is 5.02. The van der Waals surface area contributed by atoms with Gasteiger partial charge in [0.25, 0.3) is 0 Å². The Labute approximate surface area is 84.3 Å². The first-order chi connectivity index (χ1) is 6.47. The largest absolute Gasteiger partial charge is 0.381 e. The van der Waals surface area contributed by atoms with Gasteiger partial charge in [0.15, 0.2) is 0 Å². The Morgan fingerprint density at radius 3 is 2.71 bits per heavy atom. The van der Waals surface area contributed by atoms with Gasteiger partial charge in [0.05, 0.1) is 0 Å². The molecule has 1 aliphatic rings. The van der Waals surface area contributed by atoms with Crippen LogP contribution in [0.5, 0.6) is 0 Å². The number of anilines is 1. The Kier molecular flexibility index (Phi) is 2.02. The molecule has 0 spiro atoms. The summed E-state index contributed by atoms with van der Waals surface area (Å²) in [6.07, 6.45) is 0.999. The number of rotatable bonds is 0. The third-order valence-corrected chi connectivity index (χ3v) is 2.87. The molecule has 76 valence electrons. The molecule has 0 saturated heterocycles. The molecule has 0 bridgehead atoms. The summed E-state index contributed by atoms with van der Waals surface area (Å²) in [4.78, 5) is 0. The van der Waals surface area contributed by atoms with Crippen LogP contribution in [0.1, 0.15) is 26.3 Å². The van der Waals surface area contributed by atoms with Crippen molar-refractivity contribution in [2.45, 2.75) is 33.2 Å². The van der Waals surface area contributed by atoms with Crippen molar-refractivity contribution in [1.29, 1.82) is 0 Å². The summed E-state index contributed by atoms with van der Waals surface area (Å²) >= 11 is 0. The van der Waals surface area contributed by atoms with E-state index >= 15 is 0 Å². The molecular formula is C12H16FN. The third-order valence-electron chi connectivity index (χ3n) is 2.87. The van der Waals surface area contributed by atoms with E-state index in [1.165, 1.54) is 11.6 Å². The summed E-state index contributed by atoms with van der Waals surface area (Å²) in [5.74, 6) is -0.161. The van der Waals surface area contributed by atoms with Crippen molar-refractivity contribution in [3.05, 3.63) is 29.6 Å². The van der Waals surface area contributed by atoms with Gasteiger partial charge >= 0.3 is 0 Å². The lowest BCUT2D eigenvalue weighted by atomic mass is 9.85. The smallest absolute Gasteiger partial charge is 0.125 e. The fourth-order valence-corrected chi connectivity index (χ4v) is 1.84. The van der Waals surface area contributed by atoms with E-state index < -0.39 is 0 Å². The van der Waals surface area contributed by atoms with Crippen molar-refractivity contribution in [3.8, 4) is 0 Å². The predicted molar refractivity (Wildman–Crippen MR) is 57.0 cm³/mol. The van der Waals surface area contributed by atoms with Crippen LogP contribution in [0.15, 0.2) is 18.2 Å². The van der Waals surface area contributed by atoms with Crippen LogP contribution in [-0.2, 0) is 6.42 Å². The van der Waals surface area contributed by atoms with Crippen LogP contribution in [0, 0.1) is 11.2 Å². The highest BCUT2D eigenvalue weighted by Gasteiger charge is 2.30. The van der Waals surface area contributed by atoms with Crippen LogP contribution in [0.4, 0.5) is 10.1 Å². The molecule has 1 atom stereocenters. The monoisotopic (exact) mass is 193 g/mol. The van der Waals surface area contributed by atoms with Gasteiger partial charge in [0.2, 0.25) is 0 Å². The summed E-state index contributed by atoms with van der Waals surface area (Å²) in [6.45, 7) is 6.60. The topological polar surface area (TPSA) is 12.0 Å². The molecule has 0 fully saturated rings. The number of hydrogen-bond donors (Lipinski definition) is 1. The first kappa shape index (κ1) is 9.50. The molecule has 2 heteroatoms. The van der Waals surface area contributed by atoms with Gasteiger partial charge in [-0.1, -0.05) is 26.8 Å². The van der Waals surface area contributed by atoms with E-state index in [1.807, 2.05) is 6.07 Å². The molecule has 0 aromatic heterocycles. The molecule has 14 heavy (non-hydrogen) atoms. The molecule has 2 rings (SSSR count). The van der Waals surface area contributed by atoms with E-state index in [-0.39, 0.29) is 11.2 Å². The summed E-state index contributed by atoms with van der Waals surface area (Å²) in [5.41, 5.74) is 2.41. The van der Waals surface area contributed by atoms with E-state index in [0.29, 0.717) is 6.04 Å². The molecule has 1 aromatic rings. The van der Waals surface area contributed by atoms with E-state index in [9.17, 15) is 4.39 Å². The van der Waals surface area contributed by atoms with E-state index in [4.69, 9.17) is 0 Å². The third kappa shape index (κ3) is 1.61. The molecule has 1 heterocycles. The minimum Gasteiger partial charge on any atom is -0.381 e. The molecule has 1 aliphatic heterocycles. The van der Waals surface area contributed by atoms with E-state index in [2.05, 4.69) is 26.1 Å². The van der Waals surface area contributed by atoms with Crippen LogP contribution in [0.25, 0.3) is 0 Å². The minimum absolute atomic E-state index is 0.161. The van der Waals surface area contributed by atoms with Crippen molar-refractivity contribution in [1.82, 2.24) is 0 Å². The average Bonchev–Trinajstić information content (AvgIpc) is 2.45. The van der Waals surface area contributed by atoms with Crippen molar-refractivity contribution in [2.75, 3.05) is 5.32 Å². The number of fused-ring (bicyclic) bond motifs is 1. The summed E-state index contributed by atoms with van der Waals surface area (Å²) in [5, 5.41) is 3.38. The molecule has 0 amide bonds. The number of hydrogen-bond acceptors (Lipinski definition) is 1. The fraction of sp³-hybridized carbons (Fsp3) is 0.500. The number of halogens is 1. The van der Waals surface area contributed by atoms with Gasteiger partial charge < -0.3 is 5.32 Å². The summed E-state index contributed by atoms with van der Waals surface area (Å²) < 4.78 is 12.9. The lowest BCUT2D eigenvalue weighted by Gasteiger charge is -2.27. The molecule has 0 radical (unpaired) electrons. The molecule has 1 unspecified atom stereocenters. The van der Waals surface area contributed by atoms with Crippen LogP contribution < -0.4 is 5.32 Å². The standard InChI is InChI=1S/C12H16FN/c1-12(2,3)11-6-8-4-5-9(13)7-10(8)14-11/h4-5,7,11,14H,6H2,1-3H3. The van der Waals surface area contributed by atoms with Crippen LogP contribution in [0.3, 0.4) is 0 Å². The maximum Gasteiger partial charge on any atom is 0.125 e. The average molecular weight is 193 g/mol. The van der Waals surface area contributed by atoms with E-state index in [0.717, 1.165) is 12.1 Å². The Hall–Kier alpha value is -1.05. The maximum absolute atomic E-state index is 12.9. The fourth-order valence-electron chi connectivity index (χ4n) is 1.84. The zero-order chi connectivity index (χ0) is 10.3. The molecule has 1 aromatic carbocycles. The highest BCUT2D eigenvalue weighted by molar-refractivity contribution is 5.57. The van der Waals surface area contributed by atoms with Gasteiger partial charge in [-0.3, -0.25) is 0 Å². The summed E-state index contributed by atoms with van der Waals surface area (Å²) in [7, 11) is 0. The Balaban J connectivity index is 2.26. The van der Waals surface area contributed by atoms with Gasteiger partial charge in [-0.15, -0.1) is 0 Å². The number of benzene rings is 1. The van der Waals surface area contributed by atoms with Crippen molar-refractivity contribution < 1.29 is 4.39 Å². The van der Waals surface area contributed by atoms with Gasteiger partial charge in [0.1, 0.15) is 5.82 Å². The molecule has 0 saturated carbocycles. The molecular weight excluding hydrogens is 177 g/mol. The van der Waals surface area contributed by atoms with Crippen LogP contribution in [-0.4, -0.2) is 6.04 Å². The zero-order valence-electron chi connectivity index (χ0n) is 8.89. The quantitative estimate of drug-likeness (QED) is 0.667. The van der Waals surface area contributed by atoms with Gasteiger partial charge in [-0.05, 0) is 29.5 Å². The minimum atomic E-state index is -0.161. The highest BCUT2D eigenvalue weighted by Crippen LogP contribution is 2.34. The Morgan fingerprint density at radius 1 is 1.36 bits per heavy atom. The van der Waals surface area contributed by atoms with Crippen LogP contribution in [0.2, 0.25) is 0 Å². The van der Waals surface area contributed by atoms with Crippen LogP contribution >= 0.6 is 0 Å². The predicted octanol–water partition coefficient (Wildman–Crippen LogP) is 3.21. The Morgan fingerprint density at radius 2 is 2.07 bits per heavy atom. The SMILES string of the molecule is CC(C)(C)C1Cc2ccc(F)cc2N1. The van der Waals surface area contributed by atoms with E-state index in [1.54, 1.807) is 6.07 Å². The molecule has 1 N–H and O–H groups in total. The summed E-state index contributed by atoms with van der Waals surface area (Å²) in [6, 6.07) is 5.41. The second-order valence-corrected chi connectivity index (χ2v) is 5.07. The zero-order valence-corrected chi connectivity index (χ0v) is 8.89. The first-order valence-electron chi connectivity index (χ1n) is 5.02. The molecule has 1 nitrogen and oxygen atoms in total. The van der Waals surface area contributed by atoms with Gasteiger partial charge in [0, 0.05) is 11.7 Å². The second kappa shape index (κ2) is 2.97. The maximum atomic E-state index is 12.9. The normalized spacial score (nSPS) is 20.4. The lowest BCUT2D eigenvalue weighted by molar-refractivity contribution is 0.347. The second-order valence-electron chi connectivity index (χ2n) is 5.07. The van der Waals surface area contributed by atoms with Crippen molar-refractivity contribution in [3.63, 3.8) is 0 Å². The van der Waals surface area contributed by atoms with Crippen molar-refractivity contribution >= 4 is 5.69 Å². The lowest BCUT2D eigenvalue weighted by Crippen LogP contribution is -2.31. The van der Waals surface area contributed by atoms with Crippen molar-refractivity contribution in [2.24, 2.45) is 5.41 Å². The molecule has 0 aliphatic carbocycles. The highest BCUT2D eigenvalue weighted by atomic mass is 19.1. The van der Waals surface area contributed by atoms with Gasteiger partial charge in [-0.2, -0.15) is 0 Å². The van der Waals surface area contributed by atoms with Gasteiger partial charge in [-0.25, -0.2) is 4.39 Å². The number of nitrogens with one attached hydrogen (secondary N) is 1.